The van der Waals surface area contributed by atoms with Gasteiger partial charge in [0.25, 0.3) is 0 Å². The Hall–Kier alpha value is -0.0400. The molecule has 0 bridgehead atoms. The molecular formula is C7H16N. The number of hydrogen-bond acceptors (Lipinski definition) is 1. The Bertz CT molecular complexity index is 59.4. The van der Waals surface area contributed by atoms with Gasteiger partial charge < -0.3 is 5.73 Å². The van der Waals surface area contributed by atoms with Crippen molar-refractivity contribution in [3.8, 4) is 0 Å². The molecule has 0 aromatic carbocycles. The van der Waals surface area contributed by atoms with Crippen molar-refractivity contribution in [2.45, 2.75) is 33.2 Å². The monoisotopic (exact) mass is 114 g/mol. The summed E-state index contributed by atoms with van der Waals surface area (Å²) in [5.74, 6) is 0. The van der Waals surface area contributed by atoms with Crippen LogP contribution in [0, 0.1) is 12.3 Å². The van der Waals surface area contributed by atoms with Gasteiger partial charge in [0, 0.05) is 5.54 Å². The van der Waals surface area contributed by atoms with Gasteiger partial charge in [0.15, 0.2) is 0 Å². The molecule has 2 N–H and O–H groups in total. The van der Waals surface area contributed by atoms with E-state index in [9.17, 15) is 0 Å². The molecule has 0 amide bonds. The van der Waals surface area contributed by atoms with Gasteiger partial charge in [0.05, 0.1) is 0 Å². The maximum absolute atomic E-state index is 5.75. The van der Waals surface area contributed by atoms with Gasteiger partial charge in [0.1, 0.15) is 0 Å². The van der Waals surface area contributed by atoms with Crippen molar-refractivity contribution in [1.82, 2.24) is 0 Å². The summed E-state index contributed by atoms with van der Waals surface area (Å²) in [6, 6.07) is 0. The summed E-state index contributed by atoms with van der Waals surface area (Å²) in [6.07, 6.45) is 0. The highest BCUT2D eigenvalue weighted by Crippen LogP contribution is 2.25. The van der Waals surface area contributed by atoms with E-state index in [1.54, 1.807) is 0 Å². The standard InChI is InChI=1S/C7H16N/c1-6(2,3)7(4,5)8/h1,8H2,2-5H3. The molecule has 8 heavy (non-hydrogen) atoms. The highest BCUT2D eigenvalue weighted by Gasteiger charge is 2.27. The van der Waals surface area contributed by atoms with E-state index < -0.39 is 0 Å². The van der Waals surface area contributed by atoms with Gasteiger partial charge >= 0.3 is 0 Å². The zero-order chi connectivity index (χ0) is 7.00. The predicted molar refractivity (Wildman–Crippen MR) is 37.4 cm³/mol. The summed E-state index contributed by atoms with van der Waals surface area (Å²) in [4.78, 5) is 0. The van der Waals surface area contributed by atoms with Gasteiger partial charge in [-0.25, -0.2) is 0 Å². The minimum atomic E-state index is -0.174. The van der Waals surface area contributed by atoms with E-state index in [2.05, 4.69) is 6.92 Å². The fourth-order valence-corrected chi connectivity index (χ4v) is 0. The smallest absolute Gasteiger partial charge is 0.0148 e. The summed E-state index contributed by atoms with van der Waals surface area (Å²) >= 11 is 0. The molecule has 49 valence electrons. The molecule has 0 aliphatic rings. The van der Waals surface area contributed by atoms with Crippen molar-refractivity contribution in [3.63, 3.8) is 0 Å². The number of nitrogens with two attached hydrogens (primary N) is 1. The molecule has 0 atom stereocenters. The maximum atomic E-state index is 5.75. The lowest BCUT2D eigenvalue weighted by Gasteiger charge is -2.34. The number of hydrogen-bond donors (Lipinski definition) is 1. The van der Waals surface area contributed by atoms with Crippen LogP contribution in [0.15, 0.2) is 0 Å². The zero-order valence-electron chi connectivity index (χ0n) is 6.28. The second kappa shape index (κ2) is 1.73. The lowest BCUT2D eigenvalue weighted by atomic mass is 9.77. The van der Waals surface area contributed by atoms with E-state index in [0.717, 1.165) is 0 Å². The molecule has 0 saturated carbocycles. The van der Waals surface area contributed by atoms with Gasteiger partial charge in [-0.05, 0) is 26.2 Å². The van der Waals surface area contributed by atoms with Crippen LogP contribution >= 0.6 is 0 Å². The molecule has 0 aliphatic carbocycles. The first kappa shape index (κ1) is 7.96. The summed E-state index contributed by atoms with van der Waals surface area (Å²) in [5, 5.41) is 0. The van der Waals surface area contributed by atoms with Crippen LogP contribution < -0.4 is 5.73 Å². The van der Waals surface area contributed by atoms with Crippen LogP contribution in [-0.4, -0.2) is 5.54 Å². The second-order valence-electron chi connectivity index (χ2n) is 3.61. The molecule has 0 unspecified atom stereocenters. The molecule has 0 aliphatic heterocycles. The van der Waals surface area contributed by atoms with E-state index in [1.165, 1.54) is 0 Å². The molecule has 0 fully saturated rings. The molecule has 0 saturated heterocycles. The van der Waals surface area contributed by atoms with Crippen LogP contribution in [0.2, 0.25) is 0 Å². The largest absolute Gasteiger partial charge is 0.325 e. The Morgan fingerprint density at radius 1 is 1.12 bits per heavy atom. The molecule has 1 radical (unpaired) electrons. The van der Waals surface area contributed by atoms with E-state index in [-0.39, 0.29) is 11.0 Å². The SMILES string of the molecule is [CH2]C(C)(C)C(C)(C)N. The minimum absolute atomic E-state index is 0.0347. The van der Waals surface area contributed by atoms with Crippen molar-refractivity contribution in [3.05, 3.63) is 6.92 Å². The summed E-state index contributed by atoms with van der Waals surface area (Å²) in [7, 11) is 0. The average molecular weight is 114 g/mol. The molecule has 0 aromatic heterocycles. The maximum Gasteiger partial charge on any atom is 0.0148 e. The highest BCUT2D eigenvalue weighted by atomic mass is 14.7. The third-order valence-corrected chi connectivity index (χ3v) is 1.74. The van der Waals surface area contributed by atoms with Crippen molar-refractivity contribution < 1.29 is 0 Å². The van der Waals surface area contributed by atoms with Crippen LogP contribution in [-0.2, 0) is 0 Å². The van der Waals surface area contributed by atoms with Crippen LogP contribution in [0.25, 0.3) is 0 Å². The Labute approximate surface area is 52.3 Å². The Morgan fingerprint density at radius 2 is 1.25 bits per heavy atom. The Morgan fingerprint density at radius 3 is 1.25 bits per heavy atom. The van der Waals surface area contributed by atoms with Crippen molar-refractivity contribution in [2.75, 3.05) is 0 Å². The molecule has 0 heterocycles. The first-order chi connectivity index (χ1) is 3.25. The second-order valence-corrected chi connectivity index (χ2v) is 3.61. The molecule has 0 rings (SSSR count). The fourth-order valence-electron chi connectivity index (χ4n) is 0. The normalized spacial score (nSPS) is 14.2. The topological polar surface area (TPSA) is 26.0 Å². The van der Waals surface area contributed by atoms with Crippen molar-refractivity contribution in [2.24, 2.45) is 11.1 Å². The Kier molecular flexibility index (Phi) is 1.72. The quantitative estimate of drug-likeness (QED) is 0.550. The Balaban J connectivity index is 4.02. The molecule has 0 spiro atoms. The molecule has 0 aromatic rings. The average Bonchev–Trinajstić information content (AvgIpc) is 1.25. The van der Waals surface area contributed by atoms with Crippen LogP contribution in [0.5, 0.6) is 0 Å². The van der Waals surface area contributed by atoms with Crippen LogP contribution in [0.3, 0.4) is 0 Å². The van der Waals surface area contributed by atoms with Crippen LogP contribution in [0.4, 0.5) is 0 Å². The summed E-state index contributed by atoms with van der Waals surface area (Å²) in [5.41, 5.74) is 5.54. The van der Waals surface area contributed by atoms with Gasteiger partial charge in [0.2, 0.25) is 0 Å². The van der Waals surface area contributed by atoms with Crippen LogP contribution in [0.1, 0.15) is 27.7 Å². The van der Waals surface area contributed by atoms with Crippen molar-refractivity contribution >= 4 is 0 Å². The van der Waals surface area contributed by atoms with E-state index in [1.807, 2.05) is 27.7 Å². The van der Waals surface area contributed by atoms with Gasteiger partial charge in [-0.15, -0.1) is 0 Å². The van der Waals surface area contributed by atoms with E-state index >= 15 is 0 Å². The first-order valence-corrected chi connectivity index (χ1v) is 2.89. The molecule has 1 heteroatoms. The highest BCUT2D eigenvalue weighted by molar-refractivity contribution is 4.91. The molecular weight excluding hydrogens is 98.1 g/mol. The van der Waals surface area contributed by atoms with Crippen molar-refractivity contribution in [1.29, 1.82) is 0 Å². The van der Waals surface area contributed by atoms with E-state index in [4.69, 9.17) is 5.73 Å². The first-order valence-electron chi connectivity index (χ1n) is 2.89. The third-order valence-electron chi connectivity index (χ3n) is 1.74. The van der Waals surface area contributed by atoms with Gasteiger partial charge in [-0.1, -0.05) is 13.8 Å². The number of rotatable bonds is 1. The van der Waals surface area contributed by atoms with Gasteiger partial charge in [-0.2, -0.15) is 0 Å². The lowest BCUT2D eigenvalue weighted by molar-refractivity contribution is 0.268. The molecule has 1 nitrogen and oxygen atoms in total. The fraction of sp³-hybridized carbons (Fsp3) is 0.857. The minimum Gasteiger partial charge on any atom is -0.325 e. The third kappa shape index (κ3) is 1.83. The summed E-state index contributed by atoms with van der Waals surface area (Å²) < 4.78 is 0. The lowest BCUT2D eigenvalue weighted by Crippen LogP contribution is -2.45. The summed E-state index contributed by atoms with van der Waals surface area (Å²) in [6.45, 7) is 12.0. The van der Waals surface area contributed by atoms with Gasteiger partial charge in [-0.3, -0.25) is 0 Å². The predicted octanol–water partition coefficient (Wildman–Crippen LogP) is 1.58. The van der Waals surface area contributed by atoms with E-state index in [0.29, 0.717) is 0 Å². The zero-order valence-corrected chi connectivity index (χ0v) is 6.28.